The van der Waals surface area contributed by atoms with Crippen molar-refractivity contribution in [2.75, 3.05) is 0 Å². The monoisotopic (exact) mass is 625 g/mol. The first-order valence-electron chi connectivity index (χ1n) is 15.4. The Morgan fingerprint density at radius 3 is 1.91 bits per heavy atom. The number of alkyl carbamates (subject to hydrolysis) is 1. The molecule has 2 rings (SSSR count). The van der Waals surface area contributed by atoms with Gasteiger partial charge >= 0.3 is 12.1 Å². The Hall–Kier alpha value is -4.08. The number of phenolic OH excluding ortho intramolecular Hbond substituents is 1. The summed E-state index contributed by atoms with van der Waals surface area (Å²) in [4.78, 5) is 56.3. The van der Waals surface area contributed by atoms with E-state index in [1.165, 1.54) is 11.0 Å². The van der Waals surface area contributed by atoms with E-state index >= 15 is 0 Å². The van der Waals surface area contributed by atoms with Gasteiger partial charge in [-0.05, 0) is 97.1 Å². The van der Waals surface area contributed by atoms with Gasteiger partial charge in [0.15, 0.2) is 0 Å². The number of ether oxygens (including phenoxy) is 2. The summed E-state index contributed by atoms with van der Waals surface area (Å²) in [6.45, 7) is 19.2. The van der Waals surface area contributed by atoms with Gasteiger partial charge in [0.2, 0.25) is 11.8 Å². The lowest BCUT2D eigenvalue weighted by Crippen LogP contribution is -2.57. The quantitative estimate of drug-likeness (QED) is 0.277. The summed E-state index contributed by atoms with van der Waals surface area (Å²) < 4.78 is 11.1. The molecule has 3 unspecified atom stereocenters. The molecule has 2 aromatic rings. The number of aromatic hydroxyl groups is 1. The number of phenols is 1. The molecule has 0 aliphatic carbocycles. The van der Waals surface area contributed by atoms with Crippen molar-refractivity contribution in [2.45, 2.75) is 118 Å². The van der Waals surface area contributed by atoms with Crippen LogP contribution in [0.5, 0.6) is 5.75 Å². The number of rotatable bonds is 11. The Labute approximate surface area is 267 Å². The van der Waals surface area contributed by atoms with Gasteiger partial charge in [0.1, 0.15) is 35.1 Å². The average Bonchev–Trinajstić information content (AvgIpc) is 2.89. The van der Waals surface area contributed by atoms with E-state index in [1.54, 1.807) is 88.3 Å². The number of hydrogen-bond donors (Lipinski definition) is 3. The van der Waals surface area contributed by atoms with Crippen LogP contribution in [0.4, 0.5) is 4.79 Å². The molecule has 0 heterocycles. The molecule has 0 aliphatic rings. The van der Waals surface area contributed by atoms with Gasteiger partial charge in [-0.1, -0.05) is 50.2 Å². The lowest BCUT2D eigenvalue weighted by atomic mass is 9.96. The maximum Gasteiger partial charge on any atom is 0.408 e. The summed E-state index contributed by atoms with van der Waals surface area (Å²) in [6.07, 6.45) is -0.597. The number of benzene rings is 2. The fraction of sp³-hybridized carbons (Fsp3) is 0.543. The van der Waals surface area contributed by atoms with Gasteiger partial charge in [-0.2, -0.15) is 0 Å². The van der Waals surface area contributed by atoms with Crippen LogP contribution in [0.2, 0.25) is 0 Å². The zero-order valence-corrected chi connectivity index (χ0v) is 28.6. The molecule has 10 heteroatoms. The molecule has 2 aromatic carbocycles. The fourth-order valence-corrected chi connectivity index (χ4v) is 4.74. The van der Waals surface area contributed by atoms with Crippen LogP contribution in [0.25, 0.3) is 0 Å². The number of amides is 3. The number of carbonyl (C=O) groups is 4. The van der Waals surface area contributed by atoms with Crippen molar-refractivity contribution in [3.05, 3.63) is 65.2 Å². The van der Waals surface area contributed by atoms with Crippen molar-refractivity contribution in [2.24, 2.45) is 5.92 Å². The van der Waals surface area contributed by atoms with Gasteiger partial charge in [0, 0.05) is 12.5 Å². The lowest BCUT2D eigenvalue weighted by Gasteiger charge is -2.38. The topological polar surface area (TPSA) is 134 Å². The number of nitrogens with zero attached hydrogens (tertiary/aromatic N) is 1. The minimum Gasteiger partial charge on any atom is -0.508 e. The number of hydrogen-bond acceptors (Lipinski definition) is 7. The van der Waals surface area contributed by atoms with Crippen molar-refractivity contribution in [1.29, 1.82) is 0 Å². The lowest BCUT2D eigenvalue weighted by molar-refractivity contribution is -0.159. The van der Waals surface area contributed by atoms with Crippen LogP contribution in [0.3, 0.4) is 0 Å². The molecule has 0 aromatic heterocycles. The fourth-order valence-electron chi connectivity index (χ4n) is 4.74. The zero-order chi connectivity index (χ0) is 34.3. The first-order valence-corrected chi connectivity index (χ1v) is 15.4. The number of nitrogens with one attached hydrogen (secondary N) is 2. The Morgan fingerprint density at radius 1 is 0.844 bits per heavy atom. The minimum absolute atomic E-state index is 0.0303. The highest BCUT2D eigenvalue weighted by Crippen LogP contribution is 2.30. The van der Waals surface area contributed by atoms with Crippen molar-refractivity contribution in [3.8, 4) is 5.75 Å². The van der Waals surface area contributed by atoms with Crippen molar-refractivity contribution in [3.63, 3.8) is 0 Å². The molecule has 3 amide bonds. The Morgan fingerprint density at radius 2 is 1.42 bits per heavy atom. The number of carbonyl (C=O) groups excluding carboxylic acids is 4. The highest BCUT2D eigenvalue weighted by atomic mass is 16.6. The second-order valence-electron chi connectivity index (χ2n) is 13.9. The van der Waals surface area contributed by atoms with Gasteiger partial charge in [0.25, 0.3) is 0 Å². The predicted octanol–water partition coefficient (Wildman–Crippen LogP) is 5.60. The third kappa shape index (κ3) is 11.4. The Kier molecular flexibility index (Phi) is 12.6. The van der Waals surface area contributed by atoms with E-state index < -0.39 is 59.2 Å². The van der Waals surface area contributed by atoms with E-state index in [1.807, 2.05) is 30.3 Å². The molecule has 0 bridgehead atoms. The van der Waals surface area contributed by atoms with Gasteiger partial charge in [0.05, 0.1) is 0 Å². The smallest absolute Gasteiger partial charge is 0.408 e. The average molecular weight is 626 g/mol. The number of esters is 1. The maximum atomic E-state index is 14.4. The largest absolute Gasteiger partial charge is 0.508 e. The minimum atomic E-state index is -1.22. The summed E-state index contributed by atoms with van der Waals surface area (Å²) in [5, 5.41) is 15.8. The third-order valence-corrected chi connectivity index (χ3v) is 6.77. The normalized spacial score (nSPS) is 13.9. The number of aryl methyl sites for hydroxylation is 1. The van der Waals surface area contributed by atoms with E-state index in [2.05, 4.69) is 10.6 Å². The van der Waals surface area contributed by atoms with Crippen LogP contribution < -0.4 is 10.6 Å². The summed E-state index contributed by atoms with van der Waals surface area (Å²) in [5.41, 5.74) is 0.147. The van der Waals surface area contributed by atoms with Crippen LogP contribution in [-0.4, -0.2) is 63.2 Å². The van der Waals surface area contributed by atoms with Gasteiger partial charge in [-0.15, -0.1) is 0 Å². The van der Waals surface area contributed by atoms with Crippen molar-refractivity contribution < 1.29 is 33.8 Å². The molecule has 45 heavy (non-hydrogen) atoms. The molecule has 0 saturated carbocycles. The zero-order valence-electron chi connectivity index (χ0n) is 28.6. The molecule has 0 aliphatic heterocycles. The van der Waals surface area contributed by atoms with E-state index in [4.69, 9.17) is 9.47 Å². The maximum absolute atomic E-state index is 14.4. The SMILES string of the molecule is Cc1cc(C(C(=O)NC(Cc2ccccc2)C(=O)OC(C)(C)C)N(C(=O)C(NC(=O)OC(C)(C)C)C(C)C)C(C)C)ccc1O. The summed E-state index contributed by atoms with van der Waals surface area (Å²) >= 11 is 0. The summed E-state index contributed by atoms with van der Waals surface area (Å²) in [6, 6.07) is 10.1. The Balaban J connectivity index is 2.62. The van der Waals surface area contributed by atoms with Crippen molar-refractivity contribution in [1.82, 2.24) is 15.5 Å². The molecular formula is C35H51N3O7. The Bertz CT molecular complexity index is 1330. The molecule has 0 spiro atoms. The van der Waals surface area contributed by atoms with E-state index in [0.717, 1.165) is 5.56 Å². The second-order valence-corrected chi connectivity index (χ2v) is 13.9. The molecule has 248 valence electrons. The van der Waals surface area contributed by atoms with E-state index in [-0.39, 0.29) is 18.1 Å². The molecule has 3 atom stereocenters. The summed E-state index contributed by atoms with van der Waals surface area (Å²) in [7, 11) is 0. The van der Waals surface area contributed by atoms with Crippen LogP contribution >= 0.6 is 0 Å². The van der Waals surface area contributed by atoms with Crippen LogP contribution in [0.1, 0.15) is 92.0 Å². The third-order valence-electron chi connectivity index (χ3n) is 6.77. The van der Waals surface area contributed by atoms with Gasteiger partial charge in [-0.25, -0.2) is 9.59 Å². The second kappa shape index (κ2) is 15.3. The highest BCUT2D eigenvalue weighted by Gasteiger charge is 2.40. The first kappa shape index (κ1) is 37.1. The molecule has 0 fully saturated rings. The van der Waals surface area contributed by atoms with Gasteiger partial charge in [-0.3, -0.25) is 9.59 Å². The molecular weight excluding hydrogens is 574 g/mol. The molecule has 0 radical (unpaired) electrons. The summed E-state index contributed by atoms with van der Waals surface area (Å²) in [5.74, 6) is -2.07. The van der Waals surface area contributed by atoms with Crippen LogP contribution in [0, 0.1) is 12.8 Å². The van der Waals surface area contributed by atoms with Crippen LogP contribution in [0.15, 0.2) is 48.5 Å². The van der Waals surface area contributed by atoms with Crippen molar-refractivity contribution >= 4 is 23.9 Å². The molecule has 3 N–H and O–H groups in total. The highest BCUT2D eigenvalue weighted by molar-refractivity contribution is 5.94. The van der Waals surface area contributed by atoms with E-state index in [0.29, 0.717) is 11.1 Å². The van der Waals surface area contributed by atoms with Crippen LogP contribution in [-0.2, 0) is 30.3 Å². The van der Waals surface area contributed by atoms with E-state index in [9.17, 15) is 24.3 Å². The molecule has 10 nitrogen and oxygen atoms in total. The first-order chi connectivity index (χ1) is 20.7. The van der Waals surface area contributed by atoms with Gasteiger partial charge < -0.3 is 30.1 Å². The predicted molar refractivity (Wildman–Crippen MR) is 173 cm³/mol. The molecule has 0 saturated heterocycles. The standard InChI is InChI=1S/C35H51N3O7/c1-21(2)28(37-33(43)45-35(9,10)11)31(41)38(22(3)4)29(25-17-18-27(39)23(5)19-25)30(40)36-26(32(42)44-34(6,7)8)20-24-15-13-12-14-16-24/h12-19,21-22,26,28-29,39H,20H2,1-11H3,(H,36,40)(H,37,43).